The van der Waals surface area contributed by atoms with Crippen molar-refractivity contribution in [2.24, 2.45) is 0 Å². The van der Waals surface area contributed by atoms with Crippen molar-refractivity contribution in [1.82, 2.24) is 5.32 Å². The summed E-state index contributed by atoms with van der Waals surface area (Å²) < 4.78 is 18.8. The summed E-state index contributed by atoms with van der Waals surface area (Å²) in [6.45, 7) is 6.04. The number of rotatable bonds is 7. The summed E-state index contributed by atoms with van der Waals surface area (Å²) in [7, 11) is 1.54. The van der Waals surface area contributed by atoms with Gasteiger partial charge in [-0.25, -0.2) is 4.39 Å². The van der Waals surface area contributed by atoms with Gasteiger partial charge in [0.05, 0.1) is 7.11 Å². The van der Waals surface area contributed by atoms with Crippen LogP contribution in [-0.4, -0.2) is 20.2 Å². The topological polar surface area (TPSA) is 21.3 Å². The van der Waals surface area contributed by atoms with Crippen molar-refractivity contribution in [1.29, 1.82) is 0 Å². The molecule has 100 valence electrons. The second-order valence-corrected chi connectivity index (χ2v) is 4.27. The fraction of sp³-hybridized carbons (Fsp3) is 0.467. The summed E-state index contributed by atoms with van der Waals surface area (Å²) in [6, 6.07) is 4.96. The van der Waals surface area contributed by atoms with Crippen LogP contribution in [0.5, 0.6) is 5.75 Å². The zero-order chi connectivity index (χ0) is 13.4. The molecule has 0 heterocycles. The van der Waals surface area contributed by atoms with Crippen molar-refractivity contribution < 1.29 is 9.13 Å². The van der Waals surface area contributed by atoms with E-state index in [9.17, 15) is 4.39 Å². The molecule has 0 unspecified atom stereocenters. The first-order valence-electron chi connectivity index (χ1n) is 6.40. The van der Waals surface area contributed by atoms with Gasteiger partial charge in [0, 0.05) is 11.6 Å². The van der Waals surface area contributed by atoms with Crippen molar-refractivity contribution >= 4 is 5.57 Å². The van der Waals surface area contributed by atoms with Crippen molar-refractivity contribution in [3.8, 4) is 5.75 Å². The van der Waals surface area contributed by atoms with Gasteiger partial charge in [-0.3, -0.25) is 0 Å². The molecule has 0 bridgehead atoms. The number of hydrogen-bond acceptors (Lipinski definition) is 2. The summed E-state index contributed by atoms with van der Waals surface area (Å²) in [5, 5.41) is 3.32. The minimum absolute atomic E-state index is 0.232. The molecule has 3 heteroatoms. The molecular weight excluding hydrogens is 229 g/mol. The van der Waals surface area contributed by atoms with Crippen LogP contribution in [0.3, 0.4) is 0 Å². The lowest BCUT2D eigenvalue weighted by molar-refractivity contribution is 0.411. The monoisotopic (exact) mass is 251 g/mol. The van der Waals surface area contributed by atoms with Crippen molar-refractivity contribution in [3.05, 3.63) is 35.7 Å². The second-order valence-electron chi connectivity index (χ2n) is 4.27. The normalized spacial score (nSPS) is 11.7. The Labute approximate surface area is 109 Å². The van der Waals surface area contributed by atoms with E-state index in [0.717, 1.165) is 31.5 Å². The number of hydrogen-bond donors (Lipinski definition) is 1. The van der Waals surface area contributed by atoms with Gasteiger partial charge in [-0.1, -0.05) is 13.0 Å². The van der Waals surface area contributed by atoms with Gasteiger partial charge in [0.25, 0.3) is 0 Å². The van der Waals surface area contributed by atoms with Crippen LogP contribution >= 0.6 is 0 Å². The lowest BCUT2D eigenvalue weighted by Gasteiger charge is -2.06. The Hall–Kier alpha value is -1.35. The largest absolute Gasteiger partial charge is 0.497 e. The molecule has 0 amide bonds. The Kier molecular flexibility index (Phi) is 6.44. The van der Waals surface area contributed by atoms with Gasteiger partial charge in [0.2, 0.25) is 0 Å². The molecule has 0 spiro atoms. The zero-order valence-corrected chi connectivity index (χ0v) is 11.4. The summed E-state index contributed by atoms with van der Waals surface area (Å²) in [5.74, 6) is 0.318. The van der Waals surface area contributed by atoms with Gasteiger partial charge in [-0.2, -0.15) is 0 Å². The van der Waals surface area contributed by atoms with Gasteiger partial charge in [0.15, 0.2) is 0 Å². The number of ether oxygens (including phenoxy) is 1. The Morgan fingerprint density at radius 2 is 2.17 bits per heavy atom. The first kappa shape index (κ1) is 14.7. The average Bonchev–Trinajstić information content (AvgIpc) is 2.38. The summed E-state index contributed by atoms with van der Waals surface area (Å²) in [6.07, 6.45) is 4.11. The van der Waals surface area contributed by atoms with Crippen LogP contribution in [0.4, 0.5) is 4.39 Å². The van der Waals surface area contributed by atoms with Gasteiger partial charge < -0.3 is 10.1 Å². The third-order valence-corrected chi connectivity index (χ3v) is 2.80. The summed E-state index contributed by atoms with van der Waals surface area (Å²) >= 11 is 0. The summed E-state index contributed by atoms with van der Waals surface area (Å²) in [5.41, 5.74) is 1.61. The molecule has 0 fully saturated rings. The van der Waals surface area contributed by atoms with Crippen LogP contribution in [-0.2, 0) is 0 Å². The lowest BCUT2D eigenvalue weighted by atomic mass is 10.1. The highest BCUT2D eigenvalue weighted by atomic mass is 19.1. The Morgan fingerprint density at radius 3 is 2.78 bits per heavy atom. The van der Waals surface area contributed by atoms with E-state index in [-0.39, 0.29) is 5.82 Å². The molecule has 0 radical (unpaired) electrons. The maximum absolute atomic E-state index is 13.8. The maximum atomic E-state index is 13.8. The third kappa shape index (κ3) is 4.49. The fourth-order valence-corrected chi connectivity index (χ4v) is 1.75. The number of halogens is 1. The van der Waals surface area contributed by atoms with E-state index in [4.69, 9.17) is 4.74 Å². The minimum atomic E-state index is -0.232. The highest BCUT2D eigenvalue weighted by Crippen LogP contribution is 2.22. The van der Waals surface area contributed by atoms with Crippen LogP contribution in [0, 0.1) is 5.82 Å². The molecule has 0 aliphatic rings. The highest BCUT2D eigenvalue weighted by molar-refractivity contribution is 5.64. The third-order valence-electron chi connectivity index (χ3n) is 2.80. The molecule has 1 aromatic carbocycles. The fourth-order valence-electron chi connectivity index (χ4n) is 1.75. The standard InChI is InChI=1S/C15H22FNO/c1-4-9-17-10-5-6-12(2)14-8-7-13(18-3)11-15(14)16/h6-8,11,17H,4-5,9-10H2,1-3H3/b12-6-. The first-order chi connectivity index (χ1) is 8.69. The predicted molar refractivity (Wildman–Crippen MR) is 74.4 cm³/mol. The van der Waals surface area contributed by atoms with Crippen LogP contribution in [0.15, 0.2) is 24.3 Å². The molecule has 1 rings (SSSR count). The minimum Gasteiger partial charge on any atom is -0.497 e. The number of methoxy groups -OCH3 is 1. The Bertz CT molecular complexity index is 401. The van der Waals surface area contributed by atoms with E-state index in [2.05, 4.69) is 18.3 Å². The SMILES string of the molecule is CCCNCC/C=C(/C)c1ccc(OC)cc1F. The number of benzene rings is 1. The molecule has 0 aliphatic heterocycles. The van der Waals surface area contributed by atoms with E-state index < -0.39 is 0 Å². The van der Waals surface area contributed by atoms with E-state index in [1.165, 1.54) is 13.2 Å². The van der Waals surface area contributed by atoms with Crippen molar-refractivity contribution in [3.63, 3.8) is 0 Å². The number of allylic oxidation sites excluding steroid dienone is 1. The van der Waals surface area contributed by atoms with E-state index in [1.54, 1.807) is 12.1 Å². The quantitative estimate of drug-likeness (QED) is 0.747. The average molecular weight is 251 g/mol. The molecule has 1 aromatic rings. The zero-order valence-electron chi connectivity index (χ0n) is 11.4. The Balaban J connectivity index is 2.60. The Morgan fingerprint density at radius 1 is 1.39 bits per heavy atom. The van der Waals surface area contributed by atoms with Crippen molar-refractivity contribution in [2.45, 2.75) is 26.7 Å². The highest BCUT2D eigenvalue weighted by Gasteiger charge is 2.05. The van der Waals surface area contributed by atoms with Gasteiger partial charge in [-0.05, 0) is 50.6 Å². The molecule has 0 saturated carbocycles. The maximum Gasteiger partial charge on any atom is 0.134 e. The smallest absolute Gasteiger partial charge is 0.134 e. The molecule has 18 heavy (non-hydrogen) atoms. The lowest BCUT2D eigenvalue weighted by Crippen LogP contribution is -2.15. The molecule has 2 nitrogen and oxygen atoms in total. The predicted octanol–water partition coefficient (Wildman–Crippen LogP) is 3.63. The van der Waals surface area contributed by atoms with Crippen molar-refractivity contribution in [2.75, 3.05) is 20.2 Å². The summed E-state index contributed by atoms with van der Waals surface area (Å²) in [4.78, 5) is 0. The molecule has 0 aromatic heterocycles. The van der Waals surface area contributed by atoms with E-state index in [1.807, 2.05) is 6.92 Å². The van der Waals surface area contributed by atoms with Gasteiger partial charge in [-0.15, -0.1) is 0 Å². The molecular formula is C15H22FNO. The van der Waals surface area contributed by atoms with E-state index >= 15 is 0 Å². The van der Waals surface area contributed by atoms with Gasteiger partial charge in [0.1, 0.15) is 11.6 Å². The van der Waals surface area contributed by atoms with Crippen LogP contribution < -0.4 is 10.1 Å². The molecule has 0 atom stereocenters. The number of nitrogens with one attached hydrogen (secondary N) is 1. The van der Waals surface area contributed by atoms with Crippen LogP contribution in [0.1, 0.15) is 32.3 Å². The molecule has 0 aliphatic carbocycles. The first-order valence-corrected chi connectivity index (χ1v) is 6.40. The van der Waals surface area contributed by atoms with Gasteiger partial charge >= 0.3 is 0 Å². The van der Waals surface area contributed by atoms with E-state index in [0.29, 0.717) is 11.3 Å². The van der Waals surface area contributed by atoms with Crippen LogP contribution in [0.25, 0.3) is 5.57 Å². The van der Waals surface area contributed by atoms with Crippen LogP contribution in [0.2, 0.25) is 0 Å². The molecule has 1 N–H and O–H groups in total. The second kappa shape index (κ2) is 7.88. The molecule has 0 saturated heterocycles.